The fraction of sp³-hybridized carbons (Fsp3) is 0.370. The van der Waals surface area contributed by atoms with Crippen LogP contribution >= 0.6 is 11.8 Å². The van der Waals surface area contributed by atoms with E-state index in [1.165, 1.54) is 28.6 Å². The third-order valence-electron chi connectivity index (χ3n) is 6.21. The number of amides is 1. The number of aliphatic hydroxyl groups excluding tert-OH is 1. The van der Waals surface area contributed by atoms with E-state index in [0.29, 0.717) is 40.9 Å². The number of ether oxygens (including phenoxy) is 5. The van der Waals surface area contributed by atoms with E-state index in [2.05, 4.69) is 10.3 Å². The number of anilines is 1. The molecule has 1 aliphatic heterocycles. The molecule has 0 bridgehead atoms. The van der Waals surface area contributed by atoms with E-state index >= 15 is 0 Å². The third kappa shape index (κ3) is 6.90. The van der Waals surface area contributed by atoms with E-state index in [9.17, 15) is 14.7 Å². The van der Waals surface area contributed by atoms with Crippen molar-refractivity contribution >= 4 is 23.5 Å². The van der Waals surface area contributed by atoms with E-state index in [-0.39, 0.29) is 18.3 Å². The number of benzene rings is 2. The lowest BCUT2D eigenvalue weighted by Gasteiger charge is -2.17. The van der Waals surface area contributed by atoms with Gasteiger partial charge in [-0.05, 0) is 18.2 Å². The number of carbonyl (C=O) groups excluding carboxylic acids is 1. The van der Waals surface area contributed by atoms with Gasteiger partial charge in [0, 0.05) is 41.6 Å². The van der Waals surface area contributed by atoms with Gasteiger partial charge >= 0.3 is 5.69 Å². The Labute approximate surface area is 230 Å². The maximum absolute atomic E-state index is 12.7. The highest BCUT2D eigenvalue weighted by atomic mass is 32.2. The van der Waals surface area contributed by atoms with Gasteiger partial charge in [-0.1, -0.05) is 18.2 Å². The minimum absolute atomic E-state index is 0.135. The molecule has 3 atom stereocenters. The summed E-state index contributed by atoms with van der Waals surface area (Å²) in [5.41, 5.74) is 0.733. The molecule has 1 fully saturated rings. The minimum Gasteiger partial charge on any atom is -0.496 e. The average molecular weight is 558 g/mol. The normalized spacial score (nSPS) is 18.5. The van der Waals surface area contributed by atoms with Crippen molar-refractivity contribution in [3.8, 4) is 17.2 Å². The van der Waals surface area contributed by atoms with Gasteiger partial charge in [-0.15, -0.1) is 11.8 Å². The lowest BCUT2D eigenvalue weighted by Crippen LogP contribution is -2.29. The molecule has 1 aromatic heterocycles. The smallest absolute Gasteiger partial charge is 0.351 e. The van der Waals surface area contributed by atoms with Crippen LogP contribution in [0, 0.1) is 0 Å². The van der Waals surface area contributed by atoms with Gasteiger partial charge in [0.05, 0.1) is 40.0 Å². The summed E-state index contributed by atoms with van der Waals surface area (Å²) < 4.78 is 29.5. The molecule has 2 heterocycles. The Kier molecular flexibility index (Phi) is 9.82. The summed E-state index contributed by atoms with van der Waals surface area (Å²) in [6, 6.07) is 13.8. The van der Waals surface area contributed by atoms with Gasteiger partial charge in [-0.2, -0.15) is 4.98 Å². The number of rotatable bonds is 12. The van der Waals surface area contributed by atoms with Crippen LogP contribution in [-0.4, -0.2) is 66.6 Å². The Morgan fingerprint density at radius 2 is 1.85 bits per heavy atom. The van der Waals surface area contributed by atoms with Crippen LogP contribution in [-0.2, 0) is 15.2 Å². The Morgan fingerprint density at radius 1 is 1.13 bits per heavy atom. The molecule has 208 valence electrons. The van der Waals surface area contributed by atoms with Crippen molar-refractivity contribution in [2.24, 2.45) is 0 Å². The number of aliphatic hydroxyl groups is 1. The topological polar surface area (TPSA) is 130 Å². The number of aromatic nitrogens is 2. The molecule has 0 spiro atoms. The van der Waals surface area contributed by atoms with Crippen LogP contribution in [0.1, 0.15) is 28.6 Å². The summed E-state index contributed by atoms with van der Waals surface area (Å²) in [6.07, 6.45) is 0.145. The summed E-state index contributed by atoms with van der Waals surface area (Å²) in [7, 11) is 4.75. The monoisotopic (exact) mass is 557 g/mol. The predicted octanol–water partition coefficient (Wildman–Crippen LogP) is 3.08. The van der Waals surface area contributed by atoms with E-state index < -0.39 is 24.1 Å². The fourth-order valence-electron chi connectivity index (χ4n) is 4.19. The Hall–Kier alpha value is -3.58. The van der Waals surface area contributed by atoms with Crippen molar-refractivity contribution in [1.29, 1.82) is 0 Å². The van der Waals surface area contributed by atoms with E-state index in [0.717, 1.165) is 5.56 Å². The van der Waals surface area contributed by atoms with Crippen molar-refractivity contribution in [3.63, 3.8) is 0 Å². The predicted molar refractivity (Wildman–Crippen MR) is 146 cm³/mol. The first-order valence-electron chi connectivity index (χ1n) is 12.2. The van der Waals surface area contributed by atoms with Crippen molar-refractivity contribution in [2.75, 3.05) is 39.2 Å². The summed E-state index contributed by atoms with van der Waals surface area (Å²) in [5, 5.41) is 12.5. The van der Waals surface area contributed by atoms with Crippen molar-refractivity contribution in [2.45, 2.75) is 30.6 Å². The summed E-state index contributed by atoms with van der Waals surface area (Å²) in [5.74, 6) is 2.55. The number of nitrogens with zero attached hydrogens (tertiary/aromatic N) is 2. The highest BCUT2D eigenvalue weighted by Gasteiger charge is 2.37. The van der Waals surface area contributed by atoms with E-state index in [1.807, 2.05) is 6.07 Å². The van der Waals surface area contributed by atoms with Crippen LogP contribution in [0.15, 0.2) is 59.5 Å². The lowest BCUT2D eigenvalue weighted by atomic mass is 10.2. The summed E-state index contributed by atoms with van der Waals surface area (Å²) in [6.45, 7) is -0.265. The van der Waals surface area contributed by atoms with Crippen LogP contribution in [0.2, 0.25) is 0 Å². The minimum atomic E-state index is -0.669. The standard InChI is InChI=1S/C27H31N3O8S/c1-34-18-11-20(35-2)19(21(12-18)36-3)15-39-16-37-22-13-25(38-23(22)14-31)30-10-9-24(29-27(30)33)28-26(32)17-7-5-4-6-8-17/h4-12,22-23,25,31H,13-16H2,1-3H3,(H,28,29,32,33)/t22-,23-,25-/m1/s1. The molecule has 2 N–H and O–H groups in total. The molecule has 39 heavy (non-hydrogen) atoms. The van der Waals surface area contributed by atoms with Crippen LogP contribution in [0.5, 0.6) is 17.2 Å². The molecule has 1 amide bonds. The molecule has 4 rings (SSSR count). The van der Waals surface area contributed by atoms with Gasteiger partial charge in [-0.25, -0.2) is 4.79 Å². The van der Waals surface area contributed by atoms with Crippen LogP contribution in [0.4, 0.5) is 5.82 Å². The zero-order valence-corrected chi connectivity index (χ0v) is 22.7. The maximum Gasteiger partial charge on any atom is 0.351 e. The molecule has 3 aromatic rings. The average Bonchev–Trinajstić information content (AvgIpc) is 3.38. The van der Waals surface area contributed by atoms with Crippen molar-refractivity contribution in [3.05, 3.63) is 76.3 Å². The second-order valence-electron chi connectivity index (χ2n) is 8.55. The van der Waals surface area contributed by atoms with Gasteiger partial charge < -0.3 is 34.1 Å². The molecule has 0 aliphatic carbocycles. The summed E-state index contributed by atoms with van der Waals surface area (Å²) >= 11 is 1.50. The Balaban J connectivity index is 1.34. The molecule has 11 nitrogen and oxygen atoms in total. The number of hydrogen-bond donors (Lipinski definition) is 2. The number of nitrogens with one attached hydrogen (secondary N) is 1. The van der Waals surface area contributed by atoms with Crippen molar-refractivity contribution in [1.82, 2.24) is 9.55 Å². The van der Waals surface area contributed by atoms with Crippen molar-refractivity contribution < 1.29 is 33.6 Å². The highest BCUT2D eigenvalue weighted by Crippen LogP contribution is 2.37. The van der Waals surface area contributed by atoms with Gasteiger partial charge in [0.25, 0.3) is 5.91 Å². The first-order valence-corrected chi connectivity index (χ1v) is 13.3. The van der Waals surface area contributed by atoms with E-state index in [4.69, 9.17) is 23.7 Å². The number of carbonyl (C=O) groups is 1. The molecular weight excluding hydrogens is 526 g/mol. The quantitative estimate of drug-likeness (QED) is 0.253. The number of hydrogen-bond acceptors (Lipinski definition) is 10. The van der Waals surface area contributed by atoms with Gasteiger partial charge in [0.1, 0.15) is 35.4 Å². The molecule has 2 aromatic carbocycles. The number of thioether (sulfide) groups is 1. The van der Waals surface area contributed by atoms with Gasteiger partial charge in [-0.3, -0.25) is 9.36 Å². The fourth-order valence-corrected chi connectivity index (χ4v) is 5.03. The van der Waals surface area contributed by atoms with Gasteiger partial charge in [0.15, 0.2) is 0 Å². The first-order chi connectivity index (χ1) is 19.0. The molecule has 12 heteroatoms. The third-order valence-corrected chi connectivity index (χ3v) is 7.00. The second-order valence-corrected chi connectivity index (χ2v) is 9.48. The molecule has 0 saturated carbocycles. The second kappa shape index (κ2) is 13.5. The van der Waals surface area contributed by atoms with Crippen LogP contribution in [0.25, 0.3) is 0 Å². The first kappa shape index (κ1) is 28.4. The number of methoxy groups -OCH3 is 3. The molecule has 0 radical (unpaired) electrons. The Morgan fingerprint density at radius 3 is 2.46 bits per heavy atom. The largest absolute Gasteiger partial charge is 0.496 e. The molecular formula is C27H31N3O8S. The molecule has 0 unspecified atom stereocenters. The Bertz CT molecular complexity index is 1290. The summed E-state index contributed by atoms with van der Waals surface area (Å²) in [4.78, 5) is 29.0. The molecule has 1 aliphatic rings. The van der Waals surface area contributed by atoms with Gasteiger partial charge in [0.2, 0.25) is 0 Å². The SMILES string of the molecule is COc1cc(OC)c(CSCO[C@@H]2C[C@H](n3ccc(NC(=O)c4ccccc4)nc3=O)O[C@@H]2CO)c(OC)c1. The highest BCUT2D eigenvalue weighted by molar-refractivity contribution is 7.98. The van der Waals surface area contributed by atoms with E-state index in [1.54, 1.807) is 57.7 Å². The zero-order chi connectivity index (χ0) is 27.8. The maximum atomic E-state index is 12.7. The van der Waals surface area contributed by atoms with Crippen LogP contribution < -0.4 is 25.2 Å². The molecule has 1 saturated heterocycles. The zero-order valence-electron chi connectivity index (χ0n) is 21.9. The van der Waals surface area contributed by atoms with Crippen LogP contribution in [0.3, 0.4) is 0 Å². The lowest BCUT2D eigenvalue weighted by molar-refractivity contribution is -0.0554.